The lowest BCUT2D eigenvalue weighted by Gasteiger charge is -2.21. The molecule has 0 aromatic heterocycles. The number of carboxylic acids is 1. The van der Waals surface area contributed by atoms with E-state index in [1.54, 1.807) is 24.3 Å². The second-order valence-electron chi connectivity index (χ2n) is 6.59. The SMILES string of the molecule is CC(C)[C@@H](N)C(=O)NC[C@@H](CC(=O)N[C@@H](C)C(=O)O)c1ccc(Cl)cc1. The third-order valence-corrected chi connectivity index (χ3v) is 4.32. The molecule has 0 aliphatic heterocycles. The standard InChI is InChI=1S/C18H26ClN3O4/c1-10(2)16(20)17(24)21-9-13(12-4-6-14(19)7-5-12)8-15(23)22-11(3)18(25)26/h4-7,10-11,13,16H,8-9,20H2,1-3H3,(H,21,24)(H,22,23)(H,25,26)/t11-,13+,16+/m0/s1. The minimum Gasteiger partial charge on any atom is -0.480 e. The fourth-order valence-electron chi connectivity index (χ4n) is 2.27. The first-order valence-electron chi connectivity index (χ1n) is 8.42. The zero-order chi connectivity index (χ0) is 19.9. The average Bonchev–Trinajstić information content (AvgIpc) is 2.58. The topological polar surface area (TPSA) is 122 Å². The molecule has 5 N–H and O–H groups in total. The summed E-state index contributed by atoms with van der Waals surface area (Å²) >= 11 is 5.90. The van der Waals surface area contributed by atoms with Crippen molar-refractivity contribution in [1.29, 1.82) is 0 Å². The van der Waals surface area contributed by atoms with Crippen molar-refractivity contribution in [2.24, 2.45) is 11.7 Å². The number of carbonyl (C=O) groups is 3. The molecule has 0 fully saturated rings. The van der Waals surface area contributed by atoms with Crippen LogP contribution in [0, 0.1) is 5.92 Å². The normalized spacial score (nSPS) is 14.4. The van der Waals surface area contributed by atoms with Crippen LogP contribution in [0.15, 0.2) is 24.3 Å². The number of hydrogen-bond donors (Lipinski definition) is 4. The van der Waals surface area contributed by atoms with Gasteiger partial charge in [-0.15, -0.1) is 0 Å². The third kappa shape index (κ3) is 7.01. The summed E-state index contributed by atoms with van der Waals surface area (Å²) in [6, 6.07) is 5.32. The Bertz CT molecular complexity index is 634. The fourth-order valence-corrected chi connectivity index (χ4v) is 2.40. The molecular formula is C18H26ClN3O4. The maximum Gasteiger partial charge on any atom is 0.325 e. The number of amides is 2. The van der Waals surface area contributed by atoms with Gasteiger partial charge in [-0.25, -0.2) is 0 Å². The molecule has 0 aliphatic rings. The summed E-state index contributed by atoms with van der Waals surface area (Å²) in [7, 11) is 0. The van der Waals surface area contributed by atoms with Crippen LogP contribution in [0.2, 0.25) is 5.02 Å². The Balaban J connectivity index is 2.82. The Hall–Kier alpha value is -2.12. The number of benzene rings is 1. The molecule has 1 aromatic rings. The number of carbonyl (C=O) groups excluding carboxylic acids is 2. The summed E-state index contributed by atoms with van der Waals surface area (Å²) in [5, 5.41) is 14.6. The number of aliphatic carboxylic acids is 1. The Morgan fingerprint density at radius 3 is 2.23 bits per heavy atom. The van der Waals surface area contributed by atoms with E-state index in [1.165, 1.54) is 6.92 Å². The molecule has 7 nitrogen and oxygen atoms in total. The maximum absolute atomic E-state index is 12.2. The lowest BCUT2D eigenvalue weighted by Crippen LogP contribution is -2.45. The van der Waals surface area contributed by atoms with E-state index in [-0.39, 0.29) is 30.7 Å². The molecule has 0 saturated carbocycles. The minimum absolute atomic E-state index is 0.0105. The van der Waals surface area contributed by atoms with E-state index in [0.29, 0.717) is 5.02 Å². The van der Waals surface area contributed by atoms with Gasteiger partial charge in [0.2, 0.25) is 11.8 Å². The van der Waals surface area contributed by atoms with Gasteiger partial charge in [0.15, 0.2) is 0 Å². The smallest absolute Gasteiger partial charge is 0.325 e. The molecule has 3 atom stereocenters. The van der Waals surface area contributed by atoms with Crippen LogP contribution in [0.1, 0.15) is 38.7 Å². The maximum atomic E-state index is 12.2. The zero-order valence-electron chi connectivity index (χ0n) is 15.2. The molecule has 0 heterocycles. The Labute approximate surface area is 158 Å². The van der Waals surface area contributed by atoms with Gasteiger partial charge in [-0.2, -0.15) is 0 Å². The number of nitrogens with two attached hydrogens (primary N) is 1. The summed E-state index contributed by atoms with van der Waals surface area (Å²) in [5.41, 5.74) is 6.64. The van der Waals surface area contributed by atoms with Crippen molar-refractivity contribution in [2.45, 2.75) is 45.2 Å². The fraction of sp³-hybridized carbons (Fsp3) is 0.500. The molecule has 1 rings (SSSR count). The van der Waals surface area contributed by atoms with Crippen molar-refractivity contribution in [3.8, 4) is 0 Å². The minimum atomic E-state index is -1.11. The van der Waals surface area contributed by atoms with E-state index in [1.807, 2.05) is 13.8 Å². The molecule has 1 aromatic carbocycles. The van der Waals surface area contributed by atoms with Gasteiger partial charge in [0, 0.05) is 23.9 Å². The zero-order valence-corrected chi connectivity index (χ0v) is 15.9. The van der Waals surface area contributed by atoms with E-state index in [4.69, 9.17) is 22.4 Å². The molecular weight excluding hydrogens is 358 g/mol. The molecule has 0 aliphatic carbocycles. The predicted octanol–water partition coefficient (Wildman–Crippen LogP) is 1.50. The highest BCUT2D eigenvalue weighted by atomic mass is 35.5. The van der Waals surface area contributed by atoms with Crippen molar-refractivity contribution in [1.82, 2.24) is 10.6 Å². The van der Waals surface area contributed by atoms with Crippen molar-refractivity contribution in [3.63, 3.8) is 0 Å². The van der Waals surface area contributed by atoms with E-state index >= 15 is 0 Å². The van der Waals surface area contributed by atoms with Crippen LogP contribution in [-0.2, 0) is 14.4 Å². The van der Waals surface area contributed by atoms with Crippen LogP contribution < -0.4 is 16.4 Å². The van der Waals surface area contributed by atoms with Gasteiger partial charge < -0.3 is 21.5 Å². The van der Waals surface area contributed by atoms with Gasteiger partial charge in [0.25, 0.3) is 0 Å². The van der Waals surface area contributed by atoms with Crippen LogP contribution in [0.3, 0.4) is 0 Å². The van der Waals surface area contributed by atoms with Crippen LogP contribution >= 0.6 is 11.6 Å². The average molecular weight is 384 g/mol. The molecule has 26 heavy (non-hydrogen) atoms. The summed E-state index contributed by atoms with van der Waals surface area (Å²) in [4.78, 5) is 35.1. The highest BCUT2D eigenvalue weighted by molar-refractivity contribution is 6.30. The highest BCUT2D eigenvalue weighted by Gasteiger charge is 2.22. The van der Waals surface area contributed by atoms with E-state index in [2.05, 4.69) is 10.6 Å². The lowest BCUT2D eigenvalue weighted by atomic mass is 9.94. The first kappa shape index (κ1) is 21.9. The van der Waals surface area contributed by atoms with Crippen molar-refractivity contribution in [3.05, 3.63) is 34.9 Å². The quantitative estimate of drug-likeness (QED) is 0.515. The van der Waals surface area contributed by atoms with Gasteiger partial charge in [0.1, 0.15) is 6.04 Å². The number of halogens is 1. The first-order valence-corrected chi connectivity index (χ1v) is 8.80. The molecule has 0 unspecified atom stereocenters. The van der Waals surface area contributed by atoms with E-state index in [0.717, 1.165) is 5.56 Å². The Kier molecular flexibility index (Phi) is 8.54. The van der Waals surface area contributed by atoms with Crippen LogP contribution in [-0.4, -0.2) is 41.5 Å². The summed E-state index contributed by atoms with van der Waals surface area (Å²) in [5.74, 6) is -2.17. The molecule has 0 spiro atoms. The lowest BCUT2D eigenvalue weighted by molar-refractivity contribution is -0.141. The molecule has 0 saturated heterocycles. The third-order valence-electron chi connectivity index (χ3n) is 4.06. The molecule has 144 valence electrons. The van der Waals surface area contributed by atoms with Gasteiger partial charge in [0.05, 0.1) is 6.04 Å². The predicted molar refractivity (Wildman–Crippen MR) is 99.9 cm³/mol. The summed E-state index contributed by atoms with van der Waals surface area (Å²) in [6.45, 7) is 5.29. The van der Waals surface area contributed by atoms with Gasteiger partial charge in [-0.3, -0.25) is 14.4 Å². The monoisotopic (exact) mass is 383 g/mol. The second-order valence-corrected chi connectivity index (χ2v) is 7.03. The largest absolute Gasteiger partial charge is 0.480 e. The molecule has 0 bridgehead atoms. The van der Waals surface area contributed by atoms with Gasteiger partial charge >= 0.3 is 5.97 Å². The number of carboxylic acid groups (broad SMARTS) is 1. The van der Waals surface area contributed by atoms with Gasteiger partial charge in [-0.05, 0) is 30.5 Å². The molecule has 0 radical (unpaired) electrons. The van der Waals surface area contributed by atoms with Crippen LogP contribution in [0.5, 0.6) is 0 Å². The number of nitrogens with one attached hydrogen (secondary N) is 2. The van der Waals surface area contributed by atoms with E-state index < -0.39 is 24.0 Å². The number of rotatable bonds is 9. The molecule has 2 amide bonds. The highest BCUT2D eigenvalue weighted by Crippen LogP contribution is 2.21. The summed E-state index contributed by atoms with van der Waals surface area (Å²) in [6.07, 6.45) is 0.0243. The Morgan fingerprint density at radius 2 is 1.73 bits per heavy atom. The van der Waals surface area contributed by atoms with Gasteiger partial charge in [-0.1, -0.05) is 37.6 Å². The van der Waals surface area contributed by atoms with Crippen molar-refractivity contribution < 1.29 is 19.5 Å². The Morgan fingerprint density at radius 1 is 1.15 bits per heavy atom. The number of hydrogen-bond acceptors (Lipinski definition) is 4. The van der Waals surface area contributed by atoms with Crippen molar-refractivity contribution >= 4 is 29.4 Å². The first-order chi connectivity index (χ1) is 12.1. The summed E-state index contributed by atoms with van der Waals surface area (Å²) < 4.78 is 0. The molecule has 8 heteroatoms. The van der Waals surface area contributed by atoms with Crippen LogP contribution in [0.4, 0.5) is 0 Å². The van der Waals surface area contributed by atoms with Crippen LogP contribution in [0.25, 0.3) is 0 Å². The van der Waals surface area contributed by atoms with E-state index in [9.17, 15) is 14.4 Å². The second kappa shape index (κ2) is 10.1. The van der Waals surface area contributed by atoms with Crippen molar-refractivity contribution in [2.75, 3.05) is 6.54 Å².